The zero-order valence-corrected chi connectivity index (χ0v) is 19.6. The Bertz CT molecular complexity index is 1160. The van der Waals surface area contributed by atoms with Crippen molar-refractivity contribution in [3.05, 3.63) is 78.0 Å². The van der Waals surface area contributed by atoms with Gasteiger partial charge in [-0.25, -0.2) is 8.42 Å². The summed E-state index contributed by atoms with van der Waals surface area (Å²) in [7, 11) is -0.254. The van der Waals surface area contributed by atoms with E-state index in [2.05, 4.69) is 40.7 Å². The summed E-state index contributed by atoms with van der Waals surface area (Å²) < 4.78 is 25.3. The van der Waals surface area contributed by atoms with Crippen molar-refractivity contribution in [1.29, 1.82) is 0 Å². The highest BCUT2D eigenvalue weighted by Gasteiger charge is 2.19. The molecule has 170 valence electrons. The summed E-state index contributed by atoms with van der Waals surface area (Å²) in [5, 5.41) is 3.60. The number of rotatable bonds is 7. The normalized spacial score (nSPS) is 11.4. The summed E-state index contributed by atoms with van der Waals surface area (Å²) in [4.78, 5) is 25.3. The molecule has 3 rings (SSSR count). The monoisotopic (exact) mass is 455 g/mol. The number of hydrogen-bond acceptors (Lipinski definition) is 6. The largest absolute Gasteiger partial charge is 0.382 e. The fraction of sp³-hybridized carbons (Fsp3) is 0.261. The van der Waals surface area contributed by atoms with E-state index < -0.39 is 9.84 Å². The van der Waals surface area contributed by atoms with E-state index in [-0.39, 0.29) is 22.3 Å². The van der Waals surface area contributed by atoms with Crippen molar-refractivity contribution >= 4 is 26.6 Å². The highest BCUT2D eigenvalue weighted by Crippen LogP contribution is 2.20. The first-order valence-corrected chi connectivity index (χ1v) is 11.6. The Morgan fingerprint density at radius 2 is 1.94 bits per heavy atom. The van der Waals surface area contributed by atoms with Crippen molar-refractivity contribution in [3.63, 3.8) is 0 Å². The van der Waals surface area contributed by atoms with E-state index >= 15 is 0 Å². The Labute approximate surface area is 189 Å². The average Bonchev–Trinajstić information content (AvgIpc) is 3.21. The molecule has 3 aromatic rings. The van der Waals surface area contributed by atoms with Crippen molar-refractivity contribution in [2.45, 2.75) is 31.7 Å². The standard InChI is InChI=1S/C20H21N5O3S.C3H8/c1-4-16(13-25(2)3)29(27,28)17-6-5-15(22-12-17)11-23-20(26)19-9-14-10-21-8-7-18(14)24-19;1-3-2/h4-10,12-13,24H,1,11H2,2-3H3,(H,23,26);3H2,1-2H3/b16-13+;. The van der Waals surface area contributed by atoms with Gasteiger partial charge in [-0.3, -0.25) is 14.8 Å². The molecule has 0 aliphatic rings. The SMILES string of the molecule is C=C/C(=C\N(C)C)S(=O)(=O)c1ccc(CNC(=O)c2cc3cnccc3[nH]2)nc1.CCC. The number of amides is 1. The van der Waals surface area contributed by atoms with Crippen LogP contribution in [0, 0.1) is 0 Å². The van der Waals surface area contributed by atoms with E-state index in [0.29, 0.717) is 11.4 Å². The quantitative estimate of drug-likeness (QED) is 0.526. The van der Waals surface area contributed by atoms with Gasteiger partial charge in [-0.15, -0.1) is 0 Å². The molecule has 3 heterocycles. The molecule has 0 fully saturated rings. The molecular formula is C23H29N5O3S. The van der Waals surface area contributed by atoms with Crippen molar-refractivity contribution in [1.82, 2.24) is 25.2 Å². The molecule has 0 bridgehead atoms. The lowest BCUT2D eigenvalue weighted by molar-refractivity contribution is 0.0946. The van der Waals surface area contributed by atoms with Gasteiger partial charge in [0.1, 0.15) is 5.69 Å². The minimum Gasteiger partial charge on any atom is -0.382 e. The van der Waals surface area contributed by atoms with Crippen LogP contribution in [-0.2, 0) is 16.4 Å². The predicted octanol–water partition coefficient (Wildman–Crippen LogP) is 3.67. The molecule has 0 aliphatic carbocycles. The number of fused-ring (bicyclic) bond motifs is 1. The predicted molar refractivity (Wildman–Crippen MR) is 127 cm³/mol. The molecule has 1 amide bonds. The molecule has 3 aromatic heterocycles. The van der Waals surface area contributed by atoms with E-state index in [4.69, 9.17) is 0 Å². The number of nitrogens with zero attached hydrogens (tertiary/aromatic N) is 3. The zero-order chi connectivity index (χ0) is 23.7. The number of sulfone groups is 1. The molecule has 8 nitrogen and oxygen atoms in total. The summed E-state index contributed by atoms with van der Waals surface area (Å²) in [6.45, 7) is 7.98. The molecule has 0 aromatic carbocycles. The van der Waals surface area contributed by atoms with Crippen molar-refractivity contribution < 1.29 is 13.2 Å². The van der Waals surface area contributed by atoms with E-state index in [1.54, 1.807) is 49.6 Å². The lowest BCUT2D eigenvalue weighted by Crippen LogP contribution is -2.23. The molecule has 2 N–H and O–H groups in total. The molecule has 0 spiro atoms. The summed E-state index contributed by atoms with van der Waals surface area (Å²) >= 11 is 0. The van der Waals surface area contributed by atoms with E-state index in [1.807, 2.05) is 0 Å². The summed E-state index contributed by atoms with van der Waals surface area (Å²) in [5.74, 6) is -0.289. The van der Waals surface area contributed by atoms with Gasteiger partial charge in [0.05, 0.1) is 22.0 Å². The molecule has 0 saturated carbocycles. The zero-order valence-electron chi connectivity index (χ0n) is 18.8. The lowest BCUT2D eigenvalue weighted by atomic mass is 10.3. The molecule has 0 unspecified atom stereocenters. The van der Waals surface area contributed by atoms with E-state index in [0.717, 1.165) is 10.9 Å². The van der Waals surface area contributed by atoms with Crippen LogP contribution in [0.2, 0.25) is 0 Å². The third-order valence-electron chi connectivity index (χ3n) is 4.10. The van der Waals surface area contributed by atoms with Crippen LogP contribution in [0.5, 0.6) is 0 Å². The maximum absolute atomic E-state index is 12.7. The Morgan fingerprint density at radius 1 is 1.22 bits per heavy atom. The minimum absolute atomic E-state index is 0.0590. The summed E-state index contributed by atoms with van der Waals surface area (Å²) in [5.41, 5.74) is 1.77. The van der Waals surface area contributed by atoms with Crippen LogP contribution in [-0.4, -0.2) is 48.3 Å². The fourth-order valence-corrected chi connectivity index (χ4v) is 3.94. The molecule has 9 heteroatoms. The van der Waals surface area contributed by atoms with Gasteiger partial charge in [0.25, 0.3) is 5.91 Å². The Hall–Kier alpha value is -3.46. The number of aromatic nitrogens is 3. The first kappa shape index (κ1) is 24.8. The number of carbonyl (C=O) groups is 1. The molecular weight excluding hydrogens is 426 g/mol. The maximum Gasteiger partial charge on any atom is 0.268 e. The minimum atomic E-state index is -3.71. The second kappa shape index (κ2) is 11.2. The van der Waals surface area contributed by atoms with Crippen LogP contribution >= 0.6 is 0 Å². The Kier molecular flexibility index (Phi) is 8.71. The van der Waals surface area contributed by atoms with Crippen LogP contribution in [0.15, 0.2) is 71.5 Å². The Balaban J connectivity index is 0.00000114. The van der Waals surface area contributed by atoms with Crippen LogP contribution in [0.3, 0.4) is 0 Å². The lowest BCUT2D eigenvalue weighted by Gasteiger charge is -2.10. The smallest absolute Gasteiger partial charge is 0.268 e. The van der Waals surface area contributed by atoms with Crippen molar-refractivity contribution in [2.24, 2.45) is 0 Å². The van der Waals surface area contributed by atoms with E-state index in [1.165, 1.54) is 31.0 Å². The number of carbonyl (C=O) groups excluding carboxylic acids is 1. The summed E-state index contributed by atoms with van der Waals surface area (Å²) in [6.07, 6.45) is 8.61. The van der Waals surface area contributed by atoms with Gasteiger partial charge in [-0.2, -0.15) is 0 Å². The van der Waals surface area contributed by atoms with Gasteiger partial charge in [0, 0.05) is 49.8 Å². The van der Waals surface area contributed by atoms with Crippen LogP contribution in [0.1, 0.15) is 36.5 Å². The fourth-order valence-electron chi connectivity index (χ4n) is 2.66. The van der Waals surface area contributed by atoms with Gasteiger partial charge in [0.2, 0.25) is 9.84 Å². The number of aromatic amines is 1. The van der Waals surface area contributed by atoms with Crippen LogP contribution < -0.4 is 5.32 Å². The third-order valence-corrected chi connectivity index (χ3v) is 5.86. The molecule has 0 radical (unpaired) electrons. The number of pyridine rings is 2. The van der Waals surface area contributed by atoms with Crippen molar-refractivity contribution in [3.8, 4) is 0 Å². The number of nitrogens with one attached hydrogen (secondary N) is 2. The molecule has 0 atom stereocenters. The van der Waals surface area contributed by atoms with Gasteiger partial charge in [-0.1, -0.05) is 26.8 Å². The molecule has 0 aliphatic heterocycles. The second-order valence-corrected chi connectivity index (χ2v) is 9.17. The topological polar surface area (TPSA) is 108 Å². The molecule has 0 saturated heterocycles. The average molecular weight is 456 g/mol. The Morgan fingerprint density at radius 3 is 2.50 bits per heavy atom. The molecule has 32 heavy (non-hydrogen) atoms. The van der Waals surface area contributed by atoms with Gasteiger partial charge >= 0.3 is 0 Å². The first-order valence-electron chi connectivity index (χ1n) is 10.1. The maximum atomic E-state index is 12.7. The van der Waals surface area contributed by atoms with Gasteiger partial charge in [0.15, 0.2) is 0 Å². The highest BCUT2D eigenvalue weighted by molar-refractivity contribution is 7.95. The highest BCUT2D eigenvalue weighted by atomic mass is 32.2. The first-order chi connectivity index (χ1) is 15.2. The van der Waals surface area contributed by atoms with Crippen LogP contribution in [0.25, 0.3) is 10.9 Å². The van der Waals surface area contributed by atoms with Gasteiger partial charge in [-0.05, 0) is 30.3 Å². The van der Waals surface area contributed by atoms with Gasteiger partial charge < -0.3 is 15.2 Å². The van der Waals surface area contributed by atoms with E-state index in [9.17, 15) is 13.2 Å². The van der Waals surface area contributed by atoms with Crippen LogP contribution in [0.4, 0.5) is 0 Å². The van der Waals surface area contributed by atoms with Crippen molar-refractivity contribution in [2.75, 3.05) is 14.1 Å². The number of H-pyrrole nitrogens is 1. The number of hydrogen-bond donors (Lipinski definition) is 2. The number of allylic oxidation sites excluding steroid dienone is 1. The second-order valence-electron chi connectivity index (χ2n) is 7.22. The third kappa shape index (κ3) is 6.27. The summed E-state index contributed by atoms with van der Waals surface area (Å²) in [6, 6.07) is 6.54.